The first-order chi connectivity index (χ1) is 10.8. The zero-order chi connectivity index (χ0) is 15.4. The number of benzene rings is 1. The molecule has 5 heteroatoms. The molecule has 2 N–H and O–H groups in total. The van der Waals surface area contributed by atoms with Gasteiger partial charge in [-0.25, -0.2) is 0 Å². The summed E-state index contributed by atoms with van der Waals surface area (Å²) in [6.45, 7) is 4.42. The molecular formula is C17H25N3O2. The van der Waals surface area contributed by atoms with E-state index in [2.05, 4.69) is 15.5 Å². The van der Waals surface area contributed by atoms with Crippen molar-refractivity contribution in [2.45, 2.75) is 18.9 Å². The van der Waals surface area contributed by atoms with Gasteiger partial charge in [-0.1, -0.05) is 12.1 Å². The fraction of sp³-hybridized carbons (Fsp3) is 0.588. The summed E-state index contributed by atoms with van der Waals surface area (Å²) in [5.41, 5.74) is 1.21. The smallest absolute Gasteiger partial charge is 0.234 e. The Labute approximate surface area is 132 Å². The Balaban J connectivity index is 1.39. The van der Waals surface area contributed by atoms with Gasteiger partial charge in [-0.3, -0.25) is 9.69 Å². The van der Waals surface area contributed by atoms with Crippen LogP contribution in [-0.2, 0) is 11.2 Å². The molecule has 2 heterocycles. The van der Waals surface area contributed by atoms with Gasteiger partial charge >= 0.3 is 0 Å². The largest absolute Gasteiger partial charge is 0.497 e. The quantitative estimate of drug-likeness (QED) is 0.810. The maximum Gasteiger partial charge on any atom is 0.234 e. The lowest BCUT2D eigenvalue weighted by atomic mass is 10.1. The molecule has 0 aromatic heterocycles. The Morgan fingerprint density at radius 1 is 1.36 bits per heavy atom. The number of nitrogens with zero attached hydrogens (tertiary/aromatic N) is 1. The molecule has 0 bridgehead atoms. The van der Waals surface area contributed by atoms with Crippen molar-refractivity contribution in [1.29, 1.82) is 0 Å². The monoisotopic (exact) mass is 303 g/mol. The zero-order valence-electron chi connectivity index (χ0n) is 13.2. The van der Waals surface area contributed by atoms with Crippen molar-refractivity contribution in [3.8, 4) is 5.75 Å². The number of rotatable bonds is 6. The SMILES string of the molecule is COc1ccc(CCNC(=O)CN2CCC3CNCC32)cc1. The van der Waals surface area contributed by atoms with Crippen LogP contribution in [0.3, 0.4) is 0 Å². The van der Waals surface area contributed by atoms with Gasteiger partial charge in [0.05, 0.1) is 13.7 Å². The highest BCUT2D eigenvalue weighted by Crippen LogP contribution is 2.26. The van der Waals surface area contributed by atoms with Gasteiger partial charge in [0, 0.05) is 19.1 Å². The lowest BCUT2D eigenvalue weighted by molar-refractivity contribution is -0.122. The van der Waals surface area contributed by atoms with Crippen LogP contribution in [0.5, 0.6) is 5.75 Å². The van der Waals surface area contributed by atoms with Crippen LogP contribution >= 0.6 is 0 Å². The van der Waals surface area contributed by atoms with E-state index in [0.29, 0.717) is 19.1 Å². The molecule has 0 radical (unpaired) electrons. The van der Waals surface area contributed by atoms with Crippen LogP contribution in [0.2, 0.25) is 0 Å². The second-order valence-corrected chi connectivity index (χ2v) is 6.19. The molecule has 0 spiro atoms. The van der Waals surface area contributed by atoms with E-state index >= 15 is 0 Å². The van der Waals surface area contributed by atoms with E-state index in [1.165, 1.54) is 12.0 Å². The molecule has 2 aliphatic rings. The second-order valence-electron chi connectivity index (χ2n) is 6.19. The van der Waals surface area contributed by atoms with Gasteiger partial charge in [-0.2, -0.15) is 0 Å². The standard InChI is InChI=1S/C17H25N3O2/c1-22-15-4-2-13(3-5-15)6-8-19-17(21)12-20-9-7-14-10-18-11-16(14)20/h2-5,14,16,18H,6-12H2,1H3,(H,19,21). The number of nitrogens with one attached hydrogen (secondary N) is 2. The van der Waals surface area contributed by atoms with Crippen molar-refractivity contribution in [2.75, 3.05) is 39.8 Å². The first-order valence-electron chi connectivity index (χ1n) is 8.10. The van der Waals surface area contributed by atoms with Gasteiger partial charge in [-0.05, 0) is 49.5 Å². The van der Waals surface area contributed by atoms with Crippen molar-refractivity contribution in [1.82, 2.24) is 15.5 Å². The number of fused-ring (bicyclic) bond motifs is 1. The van der Waals surface area contributed by atoms with Crippen LogP contribution in [0, 0.1) is 5.92 Å². The summed E-state index contributed by atoms with van der Waals surface area (Å²) in [5, 5.41) is 6.45. The normalized spacial score (nSPS) is 24.2. The van der Waals surface area contributed by atoms with Crippen LogP contribution in [0.1, 0.15) is 12.0 Å². The zero-order valence-corrected chi connectivity index (χ0v) is 13.2. The number of methoxy groups -OCH3 is 1. The molecule has 0 aliphatic carbocycles. The molecule has 22 heavy (non-hydrogen) atoms. The van der Waals surface area contributed by atoms with Gasteiger partial charge in [-0.15, -0.1) is 0 Å². The first kappa shape index (κ1) is 15.3. The topological polar surface area (TPSA) is 53.6 Å². The molecule has 5 nitrogen and oxygen atoms in total. The third kappa shape index (κ3) is 3.59. The van der Waals surface area contributed by atoms with E-state index in [-0.39, 0.29) is 5.91 Å². The molecule has 2 fully saturated rings. The fourth-order valence-electron chi connectivity index (χ4n) is 3.51. The van der Waals surface area contributed by atoms with Crippen molar-refractivity contribution >= 4 is 5.91 Å². The molecule has 1 aromatic rings. The van der Waals surface area contributed by atoms with E-state index in [1.54, 1.807) is 7.11 Å². The highest BCUT2D eigenvalue weighted by molar-refractivity contribution is 5.78. The van der Waals surface area contributed by atoms with Gasteiger partial charge in [0.2, 0.25) is 5.91 Å². The predicted octanol–water partition coefficient (Wildman–Crippen LogP) is 0.648. The number of carbonyl (C=O) groups excluding carboxylic acids is 1. The summed E-state index contributed by atoms with van der Waals surface area (Å²) in [6.07, 6.45) is 2.07. The van der Waals surface area contributed by atoms with E-state index in [0.717, 1.165) is 37.7 Å². The lowest BCUT2D eigenvalue weighted by Gasteiger charge is -2.22. The molecule has 0 saturated carbocycles. The summed E-state index contributed by atoms with van der Waals surface area (Å²) >= 11 is 0. The number of carbonyl (C=O) groups is 1. The maximum atomic E-state index is 12.1. The lowest BCUT2D eigenvalue weighted by Crippen LogP contribution is -2.42. The summed E-state index contributed by atoms with van der Waals surface area (Å²) in [7, 11) is 1.66. The van der Waals surface area contributed by atoms with Crippen LogP contribution in [0.15, 0.2) is 24.3 Å². The number of hydrogen-bond donors (Lipinski definition) is 2. The van der Waals surface area contributed by atoms with Crippen LogP contribution in [-0.4, -0.2) is 56.7 Å². The molecule has 2 aliphatic heterocycles. The molecule has 2 unspecified atom stereocenters. The molecule has 2 atom stereocenters. The van der Waals surface area contributed by atoms with Crippen molar-refractivity contribution in [3.63, 3.8) is 0 Å². The second kappa shape index (κ2) is 7.11. The molecular weight excluding hydrogens is 278 g/mol. The Kier molecular flexibility index (Phi) is 4.95. The van der Waals surface area contributed by atoms with Gasteiger partial charge < -0.3 is 15.4 Å². The third-order valence-electron chi connectivity index (χ3n) is 4.80. The average Bonchev–Trinajstić information content (AvgIpc) is 3.13. The minimum absolute atomic E-state index is 0.140. The Bertz CT molecular complexity index is 503. The Morgan fingerprint density at radius 2 is 2.18 bits per heavy atom. The fourth-order valence-corrected chi connectivity index (χ4v) is 3.51. The number of ether oxygens (including phenoxy) is 1. The number of hydrogen-bond acceptors (Lipinski definition) is 4. The summed E-state index contributed by atoms with van der Waals surface area (Å²) < 4.78 is 5.14. The average molecular weight is 303 g/mol. The highest BCUT2D eigenvalue weighted by atomic mass is 16.5. The number of likely N-dealkylation sites (tertiary alicyclic amines) is 1. The van der Waals surface area contributed by atoms with Gasteiger partial charge in [0.15, 0.2) is 0 Å². The summed E-state index contributed by atoms with van der Waals surface area (Å²) in [5.74, 6) is 1.75. The molecule has 2 saturated heterocycles. The van der Waals surface area contributed by atoms with Gasteiger partial charge in [0.25, 0.3) is 0 Å². The minimum atomic E-state index is 0.140. The highest BCUT2D eigenvalue weighted by Gasteiger charge is 2.37. The van der Waals surface area contributed by atoms with E-state index in [1.807, 2.05) is 24.3 Å². The molecule has 3 rings (SSSR count). The van der Waals surface area contributed by atoms with Crippen LogP contribution in [0.4, 0.5) is 0 Å². The molecule has 1 amide bonds. The van der Waals surface area contributed by atoms with E-state index in [9.17, 15) is 4.79 Å². The van der Waals surface area contributed by atoms with Crippen molar-refractivity contribution in [3.05, 3.63) is 29.8 Å². The molecule has 1 aromatic carbocycles. The third-order valence-corrected chi connectivity index (χ3v) is 4.80. The van der Waals surface area contributed by atoms with Gasteiger partial charge in [0.1, 0.15) is 5.75 Å². The Hall–Kier alpha value is -1.59. The number of amides is 1. The van der Waals surface area contributed by atoms with Crippen LogP contribution in [0.25, 0.3) is 0 Å². The van der Waals surface area contributed by atoms with Crippen molar-refractivity contribution < 1.29 is 9.53 Å². The van der Waals surface area contributed by atoms with Crippen LogP contribution < -0.4 is 15.4 Å². The predicted molar refractivity (Wildman–Crippen MR) is 86.0 cm³/mol. The van der Waals surface area contributed by atoms with E-state index < -0.39 is 0 Å². The molecule has 120 valence electrons. The minimum Gasteiger partial charge on any atom is -0.497 e. The van der Waals surface area contributed by atoms with Crippen molar-refractivity contribution in [2.24, 2.45) is 5.92 Å². The Morgan fingerprint density at radius 3 is 2.95 bits per heavy atom. The van der Waals surface area contributed by atoms with E-state index in [4.69, 9.17) is 4.74 Å². The summed E-state index contributed by atoms with van der Waals surface area (Å²) in [6, 6.07) is 8.55. The maximum absolute atomic E-state index is 12.1. The first-order valence-corrected chi connectivity index (χ1v) is 8.10. The summed E-state index contributed by atoms with van der Waals surface area (Å²) in [4.78, 5) is 14.4.